The van der Waals surface area contributed by atoms with Crippen molar-refractivity contribution in [1.29, 1.82) is 5.26 Å². The third kappa shape index (κ3) is 2.45. The van der Waals surface area contributed by atoms with Crippen molar-refractivity contribution < 1.29 is 9.90 Å². The molecule has 1 aliphatic rings. The Labute approximate surface area is 106 Å². The molecule has 2 rings (SSSR count). The number of carboxylic acids is 1. The molecule has 0 atom stereocenters. The molecule has 1 aromatic carbocycles. The van der Waals surface area contributed by atoms with Crippen LogP contribution in [0, 0.1) is 24.2 Å². The number of rotatable bonds is 2. The lowest BCUT2D eigenvalue weighted by Gasteiger charge is -2.33. The average Bonchev–Trinajstić information content (AvgIpc) is 2.38. The van der Waals surface area contributed by atoms with Gasteiger partial charge in [-0.3, -0.25) is 4.79 Å². The molecule has 94 valence electrons. The third-order valence-corrected chi connectivity index (χ3v) is 3.51. The monoisotopic (exact) mass is 244 g/mol. The minimum atomic E-state index is -0.689. The van der Waals surface area contributed by atoms with E-state index < -0.39 is 5.97 Å². The van der Waals surface area contributed by atoms with Gasteiger partial charge in [-0.05, 0) is 43.5 Å². The number of carbonyl (C=O) groups is 1. The van der Waals surface area contributed by atoms with Gasteiger partial charge in [0.2, 0.25) is 0 Å². The van der Waals surface area contributed by atoms with Gasteiger partial charge in [-0.15, -0.1) is 0 Å². The van der Waals surface area contributed by atoms with Crippen molar-refractivity contribution in [3.8, 4) is 6.07 Å². The minimum Gasteiger partial charge on any atom is -0.481 e. The zero-order chi connectivity index (χ0) is 13.1. The molecule has 0 bridgehead atoms. The average molecular weight is 244 g/mol. The minimum absolute atomic E-state index is 0.208. The number of hydrogen-bond acceptors (Lipinski definition) is 3. The van der Waals surface area contributed by atoms with Crippen molar-refractivity contribution in [1.82, 2.24) is 0 Å². The molecule has 0 aliphatic carbocycles. The first kappa shape index (κ1) is 12.4. The van der Waals surface area contributed by atoms with E-state index in [0.29, 0.717) is 18.4 Å². The van der Waals surface area contributed by atoms with Crippen LogP contribution in [0.25, 0.3) is 0 Å². The van der Waals surface area contributed by atoms with Crippen LogP contribution in [-0.2, 0) is 4.79 Å². The molecule has 4 nitrogen and oxygen atoms in total. The topological polar surface area (TPSA) is 64.3 Å². The number of nitriles is 1. The maximum Gasteiger partial charge on any atom is 0.306 e. The van der Waals surface area contributed by atoms with E-state index in [4.69, 9.17) is 10.4 Å². The Morgan fingerprint density at radius 3 is 2.61 bits per heavy atom. The van der Waals surface area contributed by atoms with Crippen LogP contribution in [0.3, 0.4) is 0 Å². The highest BCUT2D eigenvalue weighted by molar-refractivity contribution is 5.70. The number of nitrogens with zero attached hydrogens (tertiary/aromatic N) is 2. The van der Waals surface area contributed by atoms with Crippen LogP contribution in [0.1, 0.15) is 24.0 Å². The quantitative estimate of drug-likeness (QED) is 0.866. The van der Waals surface area contributed by atoms with Crippen LogP contribution in [0.15, 0.2) is 18.2 Å². The standard InChI is InChI=1S/C14H16N2O2/c1-10-8-11(9-15)2-3-13(10)16-6-4-12(5-7-16)14(17)18/h2-3,8,12H,4-7H2,1H3,(H,17,18). The van der Waals surface area contributed by atoms with Gasteiger partial charge in [-0.1, -0.05) is 0 Å². The van der Waals surface area contributed by atoms with E-state index in [2.05, 4.69) is 11.0 Å². The third-order valence-electron chi connectivity index (χ3n) is 3.51. The first-order chi connectivity index (χ1) is 8.61. The summed E-state index contributed by atoms with van der Waals surface area (Å²) in [6.45, 7) is 3.52. The number of aliphatic carboxylic acids is 1. The number of anilines is 1. The molecule has 18 heavy (non-hydrogen) atoms. The van der Waals surface area contributed by atoms with E-state index in [0.717, 1.165) is 24.3 Å². The van der Waals surface area contributed by atoms with Gasteiger partial charge in [-0.25, -0.2) is 0 Å². The fourth-order valence-corrected chi connectivity index (χ4v) is 2.45. The maximum absolute atomic E-state index is 10.9. The summed E-state index contributed by atoms with van der Waals surface area (Å²) in [6, 6.07) is 7.76. The summed E-state index contributed by atoms with van der Waals surface area (Å²) in [5.41, 5.74) is 2.84. The normalized spacial score (nSPS) is 16.3. The lowest BCUT2D eigenvalue weighted by molar-refractivity contribution is -0.142. The van der Waals surface area contributed by atoms with Gasteiger partial charge < -0.3 is 10.0 Å². The Bertz CT molecular complexity index is 497. The summed E-state index contributed by atoms with van der Waals surface area (Å²) in [4.78, 5) is 13.1. The molecule has 1 aromatic rings. The van der Waals surface area contributed by atoms with Crippen molar-refractivity contribution in [2.75, 3.05) is 18.0 Å². The SMILES string of the molecule is Cc1cc(C#N)ccc1N1CCC(C(=O)O)CC1. The van der Waals surface area contributed by atoms with Gasteiger partial charge in [0.25, 0.3) is 0 Å². The van der Waals surface area contributed by atoms with Crippen LogP contribution >= 0.6 is 0 Å². The molecular formula is C14H16N2O2. The molecule has 0 aromatic heterocycles. The highest BCUT2D eigenvalue weighted by Crippen LogP contribution is 2.26. The molecule has 1 fully saturated rings. The second kappa shape index (κ2) is 5.09. The number of carboxylic acid groups (broad SMARTS) is 1. The van der Waals surface area contributed by atoms with Crippen molar-refractivity contribution >= 4 is 11.7 Å². The molecule has 1 saturated heterocycles. The summed E-state index contributed by atoms with van der Waals surface area (Å²) in [6.07, 6.45) is 1.38. The number of hydrogen-bond donors (Lipinski definition) is 1. The largest absolute Gasteiger partial charge is 0.481 e. The van der Waals surface area contributed by atoms with Crippen molar-refractivity contribution in [2.45, 2.75) is 19.8 Å². The number of aryl methyl sites for hydroxylation is 1. The van der Waals surface area contributed by atoms with E-state index >= 15 is 0 Å². The van der Waals surface area contributed by atoms with E-state index in [1.54, 1.807) is 0 Å². The predicted molar refractivity (Wildman–Crippen MR) is 68.5 cm³/mol. The summed E-state index contributed by atoms with van der Waals surface area (Å²) in [5.74, 6) is -0.897. The Kier molecular flexibility index (Phi) is 3.52. The predicted octanol–water partition coefficient (Wildman–Crippen LogP) is 2.17. The lowest BCUT2D eigenvalue weighted by Crippen LogP contribution is -2.36. The van der Waals surface area contributed by atoms with E-state index in [1.807, 2.05) is 25.1 Å². The number of piperidine rings is 1. The zero-order valence-corrected chi connectivity index (χ0v) is 10.4. The van der Waals surface area contributed by atoms with E-state index in [1.165, 1.54) is 0 Å². The van der Waals surface area contributed by atoms with Crippen LogP contribution in [0.5, 0.6) is 0 Å². The Morgan fingerprint density at radius 2 is 2.11 bits per heavy atom. The summed E-state index contributed by atoms with van der Waals surface area (Å²) in [7, 11) is 0. The molecule has 1 heterocycles. The number of benzene rings is 1. The first-order valence-electron chi connectivity index (χ1n) is 6.10. The molecule has 0 spiro atoms. The van der Waals surface area contributed by atoms with E-state index in [-0.39, 0.29) is 5.92 Å². The highest BCUT2D eigenvalue weighted by Gasteiger charge is 2.25. The van der Waals surface area contributed by atoms with Crippen molar-refractivity contribution in [3.63, 3.8) is 0 Å². The molecule has 0 saturated carbocycles. The van der Waals surface area contributed by atoms with Gasteiger partial charge in [0.05, 0.1) is 17.6 Å². The zero-order valence-electron chi connectivity index (χ0n) is 10.4. The Hall–Kier alpha value is -2.02. The lowest BCUT2D eigenvalue weighted by atomic mass is 9.96. The van der Waals surface area contributed by atoms with Crippen LogP contribution in [0.4, 0.5) is 5.69 Å². The molecule has 0 unspecified atom stereocenters. The molecule has 1 N–H and O–H groups in total. The second-order valence-electron chi connectivity index (χ2n) is 4.71. The summed E-state index contributed by atoms with van der Waals surface area (Å²) in [5, 5.41) is 17.8. The molecule has 0 radical (unpaired) electrons. The van der Waals surface area contributed by atoms with Gasteiger partial charge in [0.15, 0.2) is 0 Å². The maximum atomic E-state index is 10.9. The molecule has 0 amide bonds. The Morgan fingerprint density at radius 1 is 1.44 bits per heavy atom. The van der Waals surface area contributed by atoms with Crippen LogP contribution in [-0.4, -0.2) is 24.2 Å². The first-order valence-corrected chi connectivity index (χ1v) is 6.10. The fourth-order valence-electron chi connectivity index (χ4n) is 2.45. The second-order valence-corrected chi connectivity index (χ2v) is 4.71. The molecule has 1 aliphatic heterocycles. The molecular weight excluding hydrogens is 228 g/mol. The Balaban J connectivity index is 2.10. The van der Waals surface area contributed by atoms with Gasteiger partial charge in [-0.2, -0.15) is 5.26 Å². The molecule has 4 heteroatoms. The highest BCUT2D eigenvalue weighted by atomic mass is 16.4. The van der Waals surface area contributed by atoms with Gasteiger partial charge in [0.1, 0.15) is 0 Å². The fraction of sp³-hybridized carbons (Fsp3) is 0.429. The van der Waals surface area contributed by atoms with E-state index in [9.17, 15) is 4.79 Å². The van der Waals surface area contributed by atoms with Crippen molar-refractivity contribution in [2.24, 2.45) is 5.92 Å². The van der Waals surface area contributed by atoms with Crippen molar-refractivity contribution in [3.05, 3.63) is 29.3 Å². The summed E-state index contributed by atoms with van der Waals surface area (Å²) >= 11 is 0. The summed E-state index contributed by atoms with van der Waals surface area (Å²) < 4.78 is 0. The van der Waals surface area contributed by atoms with Gasteiger partial charge >= 0.3 is 5.97 Å². The van der Waals surface area contributed by atoms with Crippen LogP contribution in [0.2, 0.25) is 0 Å². The van der Waals surface area contributed by atoms with Gasteiger partial charge in [0, 0.05) is 18.8 Å². The smallest absolute Gasteiger partial charge is 0.306 e. The van der Waals surface area contributed by atoms with Crippen LogP contribution < -0.4 is 4.90 Å².